The quantitative estimate of drug-likeness (QED) is 0.690. The van der Waals surface area contributed by atoms with Gasteiger partial charge in [-0.2, -0.15) is 5.01 Å². The summed E-state index contributed by atoms with van der Waals surface area (Å²) in [4.78, 5) is 33.4. The maximum absolute atomic E-state index is 11.5. The molecule has 0 aromatic heterocycles. The first-order valence-corrected chi connectivity index (χ1v) is 5.18. The number of ether oxygens (including phenoxy) is 1. The number of nitrogens with zero attached hydrogens (tertiary/aromatic N) is 2. The van der Waals surface area contributed by atoms with E-state index >= 15 is 0 Å². The monoisotopic (exact) mass is 246 g/mol. The highest BCUT2D eigenvalue weighted by atomic mass is 16.5. The summed E-state index contributed by atoms with van der Waals surface area (Å²) in [6.07, 6.45) is -2.21. The van der Waals surface area contributed by atoms with Crippen molar-refractivity contribution in [3.63, 3.8) is 0 Å². The van der Waals surface area contributed by atoms with Gasteiger partial charge in [0.05, 0.1) is 6.61 Å². The van der Waals surface area contributed by atoms with E-state index in [2.05, 4.69) is 0 Å². The van der Waals surface area contributed by atoms with Crippen molar-refractivity contribution in [2.45, 2.75) is 25.8 Å². The first-order valence-electron chi connectivity index (χ1n) is 5.18. The molecular weight excluding hydrogens is 232 g/mol. The molecule has 1 aliphatic heterocycles. The molecule has 96 valence electrons. The van der Waals surface area contributed by atoms with E-state index in [1.165, 1.54) is 0 Å². The number of hydrogen-bond acceptors (Lipinski definition) is 4. The van der Waals surface area contributed by atoms with Crippen LogP contribution in [0.15, 0.2) is 0 Å². The van der Waals surface area contributed by atoms with Gasteiger partial charge in [0.2, 0.25) is 0 Å². The molecular formula is C9H14N2O6. The summed E-state index contributed by atoms with van der Waals surface area (Å²) >= 11 is 0. The summed E-state index contributed by atoms with van der Waals surface area (Å²) in [6.45, 7) is 1.77. The van der Waals surface area contributed by atoms with Crippen LogP contribution < -0.4 is 0 Å². The predicted molar refractivity (Wildman–Crippen MR) is 54.2 cm³/mol. The Balaban J connectivity index is 2.90. The third-order valence-electron chi connectivity index (χ3n) is 2.38. The van der Waals surface area contributed by atoms with Crippen LogP contribution in [0.4, 0.5) is 9.59 Å². The van der Waals surface area contributed by atoms with E-state index in [1.807, 2.05) is 0 Å². The molecule has 0 spiro atoms. The van der Waals surface area contributed by atoms with Crippen LogP contribution in [-0.4, -0.2) is 57.6 Å². The molecule has 1 fully saturated rings. The van der Waals surface area contributed by atoms with Crippen LogP contribution >= 0.6 is 0 Å². The molecule has 0 aromatic rings. The Morgan fingerprint density at radius 2 is 1.94 bits per heavy atom. The first-order chi connectivity index (χ1) is 7.99. The summed E-state index contributed by atoms with van der Waals surface area (Å²) in [5.41, 5.74) is 0. The molecule has 0 aromatic carbocycles. The van der Waals surface area contributed by atoms with Crippen LogP contribution in [0.3, 0.4) is 0 Å². The Kier molecular flexibility index (Phi) is 4.13. The number of hydrazine groups is 1. The second-order valence-electron chi connectivity index (χ2n) is 3.44. The number of amides is 2. The minimum absolute atomic E-state index is 0.0531. The number of hydrogen-bond donors (Lipinski definition) is 2. The summed E-state index contributed by atoms with van der Waals surface area (Å²) in [5, 5.41) is 19.0. The summed E-state index contributed by atoms with van der Waals surface area (Å²) in [7, 11) is 0. The van der Waals surface area contributed by atoms with Gasteiger partial charge in [-0.3, -0.25) is 0 Å². The van der Waals surface area contributed by atoms with E-state index in [-0.39, 0.29) is 19.6 Å². The lowest BCUT2D eigenvalue weighted by Crippen LogP contribution is -2.59. The molecule has 0 aliphatic carbocycles. The van der Waals surface area contributed by atoms with Crippen molar-refractivity contribution in [3.8, 4) is 0 Å². The molecule has 1 rings (SSSR count). The Labute approximate surface area is 97.3 Å². The average Bonchev–Trinajstić information content (AvgIpc) is 2.28. The third kappa shape index (κ3) is 2.77. The zero-order chi connectivity index (χ0) is 13.0. The number of rotatable bonds is 2. The highest BCUT2D eigenvalue weighted by Crippen LogP contribution is 2.19. The Bertz CT molecular complexity index is 331. The number of carbonyl (C=O) groups is 3. The molecule has 17 heavy (non-hydrogen) atoms. The molecule has 0 unspecified atom stereocenters. The van der Waals surface area contributed by atoms with Gasteiger partial charge in [-0.1, -0.05) is 0 Å². The fourth-order valence-corrected chi connectivity index (χ4v) is 1.71. The smallest absolute Gasteiger partial charge is 0.427 e. The maximum atomic E-state index is 11.5. The zero-order valence-corrected chi connectivity index (χ0v) is 9.33. The van der Waals surface area contributed by atoms with Crippen LogP contribution in [0.2, 0.25) is 0 Å². The molecule has 1 heterocycles. The highest BCUT2D eigenvalue weighted by Gasteiger charge is 2.40. The van der Waals surface area contributed by atoms with Crippen molar-refractivity contribution in [1.29, 1.82) is 0 Å². The van der Waals surface area contributed by atoms with Gasteiger partial charge in [-0.05, 0) is 19.8 Å². The Hall–Kier alpha value is -1.99. The van der Waals surface area contributed by atoms with Gasteiger partial charge in [0.1, 0.15) is 0 Å². The molecule has 8 nitrogen and oxygen atoms in total. The lowest BCUT2D eigenvalue weighted by atomic mass is 10.1. The number of esters is 1. The highest BCUT2D eigenvalue weighted by molar-refractivity contribution is 5.82. The van der Waals surface area contributed by atoms with E-state index in [1.54, 1.807) is 6.92 Å². The second kappa shape index (κ2) is 5.37. The molecule has 0 bridgehead atoms. The molecule has 0 saturated carbocycles. The van der Waals surface area contributed by atoms with Gasteiger partial charge in [-0.15, -0.1) is 0 Å². The van der Waals surface area contributed by atoms with Crippen molar-refractivity contribution >= 4 is 18.2 Å². The number of carbonyl (C=O) groups excluding carboxylic acids is 1. The molecule has 2 N–H and O–H groups in total. The van der Waals surface area contributed by atoms with Crippen molar-refractivity contribution in [1.82, 2.24) is 10.0 Å². The molecule has 1 atom stereocenters. The van der Waals surface area contributed by atoms with E-state index < -0.39 is 24.2 Å². The average molecular weight is 246 g/mol. The predicted octanol–water partition coefficient (Wildman–Crippen LogP) is 0.587. The number of carboxylic acid groups (broad SMARTS) is 2. The fourth-order valence-electron chi connectivity index (χ4n) is 1.71. The Morgan fingerprint density at radius 1 is 1.29 bits per heavy atom. The molecule has 0 radical (unpaired) electrons. The van der Waals surface area contributed by atoms with Gasteiger partial charge in [0, 0.05) is 6.54 Å². The molecule has 1 aliphatic rings. The fraction of sp³-hybridized carbons (Fsp3) is 0.667. The van der Waals surface area contributed by atoms with Gasteiger partial charge in [0.15, 0.2) is 6.04 Å². The first kappa shape index (κ1) is 13.1. The van der Waals surface area contributed by atoms with Gasteiger partial charge < -0.3 is 14.9 Å². The van der Waals surface area contributed by atoms with E-state index in [0.29, 0.717) is 16.4 Å². The van der Waals surface area contributed by atoms with Crippen molar-refractivity contribution < 1.29 is 29.3 Å². The second-order valence-corrected chi connectivity index (χ2v) is 3.44. The molecule has 2 amide bonds. The third-order valence-corrected chi connectivity index (χ3v) is 2.38. The van der Waals surface area contributed by atoms with E-state index in [0.717, 1.165) is 0 Å². The topological polar surface area (TPSA) is 107 Å². The standard InChI is InChI=1S/C9H14N2O6/c1-2-17-7(12)6-4-3-5-10(8(13)14)11(6)9(15)16/h6H,2-5H2,1H3,(H,13,14)(H,15,16)/t6-/m0/s1. The van der Waals surface area contributed by atoms with Crippen molar-refractivity contribution in [3.05, 3.63) is 0 Å². The summed E-state index contributed by atoms with van der Waals surface area (Å²) in [6, 6.07) is -1.09. The summed E-state index contributed by atoms with van der Waals surface area (Å²) < 4.78 is 4.73. The lowest BCUT2D eigenvalue weighted by Gasteiger charge is -2.38. The SMILES string of the molecule is CCOC(=O)[C@@H]1CCCN(C(=O)O)N1C(=O)O. The zero-order valence-electron chi connectivity index (χ0n) is 9.33. The van der Waals surface area contributed by atoms with E-state index in [4.69, 9.17) is 14.9 Å². The molecule has 8 heteroatoms. The van der Waals surface area contributed by atoms with Crippen LogP contribution in [0.5, 0.6) is 0 Å². The minimum Gasteiger partial charge on any atom is -0.464 e. The largest absolute Gasteiger partial charge is 0.464 e. The molecule has 1 saturated heterocycles. The summed E-state index contributed by atoms with van der Waals surface area (Å²) in [5.74, 6) is -0.721. The van der Waals surface area contributed by atoms with E-state index in [9.17, 15) is 14.4 Å². The minimum atomic E-state index is -1.48. The Morgan fingerprint density at radius 3 is 2.41 bits per heavy atom. The van der Waals surface area contributed by atoms with Gasteiger partial charge in [-0.25, -0.2) is 19.4 Å². The van der Waals surface area contributed by atoms with Crippen molar-refractivity contribution in [2.24, 2.45) is 0 Å². The van der Waals surface area contributed by atoms with Crippen LogP contribution in [0, 0.1) is 0 Å². The normalized spacial score (nSPS) is 19.9. The van der Waals surface area contributed by atoms with Crippen molar-refractivity contribution in [2.75, 3.05) is 13.2 Å². The van der Waals surface area contributed by atoms with Crippen LogP contribution in [0.1, 0.15) is 19.8 Å². The van der Waals surface area contributed by atoms with Gasteiger partial charge in [0.25, 0.3) is 0 Å². The van der Waals surface area contributed by atoms with Crippen LogP contribution in [-0.2, 0) is 9.53 Å². The lowest BCUT2D eigenvalue weighted by molar-refractivity contribution is -0.157. The maximum Gasteiger partial charge on any atom is 0.427 e. The van der Waals surface area contributed by atoms with Gasteiger partial charge >= 0.3 is 18.2 Å². The van der Waals surface area contributed by atoms with Crippen LogP contribution in [0.25, 0.3) is 0 Å².